The molecule has 2 N–H and O–H groups in total. The van der Waals surface area contributed by atoms with Crippen LogP contribution in [0.15, 0.2) is 30.3 Å². The number of rotatable bonds is 6. The van der Waals surface area contributed by atoms with E-state index in [1.807, 2.05) is 0 Å². The minimum absolute atomic E-state index is 0. The Balaban J connectivity index is 0.00000196. The van der Waals surface area contributed by atoms with Crippen LogP contribution in [0.2, 0.25) is 0 Å². The number of aryl methyl sites for hydroxylation is 1. The fourth-order valence-corrected chi connectivity index (χ4v) is 1.58. The average molecular weight is 209 g/mol. The molecule has 0 saturated carbocycles. The Morgan fingerprint density at radius 1 is 0.933 bits per heavy atom. The van der Waals surface area contributed by atoms with Crippen molar-refractivity contribution >= 4 is 0 Å². The first-order valence-corrected chi connectivity index (χ1v) is 5.47. The van der Waals surface area contributed by atoms with Crippen molar-refractivity contribution in [3.05, 3.63) is 35.9 Å². The Bertz CT molecular complexity index is 234. The minimum Gasteiger partial charge on any atom is -0.412 e. The number of benzene rings is 1. The van der Waals surface area contributed by atoms with Gasteiger partial charge in [0.1, 0.15) is 0 Å². The highest BCUT2D eigenvalue weighted by molar-refractivity contribution is 5.14. The van der Waals surface area contributed by atoms with Gasteiger partial charge in [-0.1, -0.05) is 36.8 Å². The summed E-state index contributed by atoms with van der Waals surface area (Å²) in [4.78, 5) is 2.25. The van der Waals surface area contributed by atoms with Gasteiger partial charge in [0.25, 0.3) is 0 Å². The normalized spacial score (nSPS) is 10.1. The van der Waals surface area contributed by atoms with Crippen LogP contribution >= 0.6 is 0 Å². The van der Waals surface area contributed by atoms with Crippen LogP contribution in [-0.2, 0) is 6.42 Å². The Morgan fingerprint density at radius 3 is 2.20 bits per heavy atom. The zero-order valence-corrected chi connectivity index (χ0v) is 9.87. The lowest BCUT2D eigenvalue weighted by molar-refractivity contribution is 0.391. The lowest BCUT2D eigenvalue weighted by Gasteiger charge is -2.08. The van der Waals surface area contributed by atoms with Crippen LogP contribution in [0.4, 0.5) is 0 Å². The summed E-state index contributed by atoms with van der Waals surface area (Å²) in [5.41, 5.74) is 1.47. The minimum atomic E-state index is 0. The quantitative estimate of drug-likeness (QED) is 0.661. The van der Waals surface area contributed by atoms with E-state index in [4.69, 9.17) is 0 Å². The zero-order chi connectivity index (χ0) is 10.2. The van der Waals surface area contributed by atoms with E-state index in [1.54, 1.807) is 0 Å². The van der Waals surface area contributed by atoms with Gasteiger partial charge in [0.2, 0.25) is 0 Å². The first-order valence-electron chi connectivity index (χ1n) is 5.47. The molecule has 2 heteroatoms. The molecule has 1 aromatic carbocycles. The summed E-state index contributed by atoms with van der Waals surface area (Å²) in [5, 5.41) is 0. The molecule has 15 heavy (non-hydrogen) atoms. The second-order valence-corrected chi connectivity index (χ2v) is 4.10. The van der Waals surface area contributed by atoms with Crippen molar-refractivity contribution in [3.8, 4) is 0 Å². The second-order valence-electron chi connectivity index (χ2n) is 4.10. The smallest absolute Gasteiger partial charge is 0.00248 e. The molecule has 0 atom stereocenters. The van der Waals surface area contributed by atoms with Crippen LogP contribution in [0.3, 0.4) is 0 Å². The predicted octanol–water partition coefficient (Wildman–Crippen LogP) is 2.14. The van der Waals surface area contributed by atoms with Crippen molar-refractivity contribution in [2.45, 2.75) is 25.7 Å². The van der Waals surface area contributed by atoms with Crippen molar-refractivity contribution in [1.29, 1.82) is 0 Å². The summed E-state index contributed by atoms with van der Waals surface area (Å²) in [6, 6.07) is 10.7. The van der Waals surface area contributed by atoms with Gasteiger partial charge in [-0.25, -0.2) is 0 Å². The highest BCUT2D eigenvalue weighted by atomic mass is 16.0. The van der Waals surface area contributed by atoms with Crippen LogP contribution < -0.4 is 0 Å². The van der Waals surface area contributed by atoms with E-state index >= 15 is 0 Å². The second kappa shape index (κ2) is 8.45. The molecular formula is C13H23NO. The molecule has 86 valence electrons. The zero-order valence-electron chi connectivity index (χ0n) is 9.87. The summed E-state index contributed by atoms with van der Waals surface area (Å²) in [5.74, 6) is 0. The maximum Gasteiger partial charge on any atom is -0.00248 e. The number of hydrogen-bond donors (Lipinski definition) is 0. The molecule has 0 spiro atoms. The summed E-state index contributed by atoms with van der Waals surface area (Å²) in [6.45, 7) is 1.22. The highest BCUT2D eigenvalue weighted by Crippen LogP contribution is 2.06. The van der Waals surface area contributed by atoms with E-state index in [-0.39, 0.29) is 5.48 Å². The third-order valence-corrected chi connectivity index (χ3v) is 2.41. The van der Waals surface area contributed by atoms with Crippen molar-refractivity contribution in [2.24, 2.45) is 0 Å². The molecule has 0 unspecified atom stereocenters. The van der Waals surface area contributed by atoms with E-state index in [0.29, 0.717) is 0 Å². The van der Waals surface area contributed by atoms with Crippen LogP contribution in [0.5, 0.6) is 0 Å². The molecule has 0 aliphatic heterocycles. The molecule has 0 radical (unpaired) electrons. The summed E-state index contributed by atoms with van der Waals surface area (Å²) in [7, 11) is 4.27. The monoisotopic (exact) mass is 209 g/mol. The van der Waals surface area contributed by atoms with Crippen molar-refractivity contribution < 1.29 is 5.48 Å². The molecule has 0 aliphatic rings. The molecule has 0 saturated heterocycles. The van der Waals surface area contributed by atoms with E-state index < -0.39 is 0 Å². The van der Waals surface area contributed by atoms with Gasteiger partial charge in [-0.05, 0) is 45.5 Å². The van der Waals surface area contributed by atoms with E-state index in [1.165, 1.54) is 37.8 Å². The lowest BCUT2D eigenvalue weighted by atomic mass is 10.1. The first-order chi connectivity index (χ1) is 6.79. The molecule has 0 fully saturated rings. The van der Waals surface area contributed by atoms with Gasteiger partial charge >= 0.3 is 0 Å². The summed E-state index contributed by atoms with van der Waals surface area (Å²) < 4.78 is 0. The maximum absolute atomic E-state index is 2.25. The molecule has 0 amide bonds. The largest absolute Gasteiger partial charge is 0.412 e. The topological polar surface area (TPSA) is 34.7 Å². The molecule has 1 aromatic rings. The molecule has 0 bridgehead atoms. The van der Waals surface area contributed by atoms with Crippen LogP contribution in [-0.4, -0.2) is 31.0 Å². The van der Waals surface area contributed by atoms with E-state index in [0.717, 1.165) is 0 Å². The molecule has 1 rings (SSSR count). The van der Waals surface area contributed by atoms with Crippen molar-refractivity contribution in [3.63, 3.8) is 0 Å². The standard InChI is InChI=1S/C13H21N.H2O/c1-14(2)12-8-4-7-11-13-9-5-3-6-10-13;/h3,5-6,9-10H,4,7-8,11-12H2,1-2H3;1H2. The van der Waals surface area contributed by atoms with Crippen molar-refractivity contribution in [2.75, 3.05) is 20.6 Å². The van der Waals surface area contributed by atoms with Gasteiger partial charge in [-0.15, -0.1) is 0 Å². The fraction of sp³-hybridized carbons (Fsp3) is 0.538. The maximum atomic E-state index is 2.25. The Morgan fingerprint density at radius 2 is 1.60 bits per heavy atom. The third kappa shape index (κ3) is 7.11. The summed E-state index contributed by atoms with van der Waals surface area (Å²) in [6.07, 6.45) is 5.21. The molecule has 0 heterocycles. The number of nitrogens with zero attached hydrogens (tertiary/aromatic N) is 1. The predicted molar refractivity (Wildman–Crippen MR) is 66.2 cm³/mol. The van der Waals surface area contributed by atoms with Gasteiger partial charge in [-0.2, -0.15) is 0 Å². The molecular weight excluding hydrogens is 186 g/mol. The highest BCUT2D eigenvalue weighted by Gasteiger charge is 1.93. The van der Waals surface area contributed by atoms with Crippen LogP contribution in [0.25, 0.3) is 0 Å². The SMILES string of the molecule is CN(C)CCCCCc1ccccc1.O. The summed E-state index contributed by atoms with van der Waals surface area (Å²) >= 11 is 0. The first kappa shape index (κ1) is 14.1. The van der Waals surface area contributed by atoms with Gasteiger partial charge in [-0.3, -0.25) is 0 Å². The van der Waals surface area contributed by atoms with E-state index in [9.17, 15) is 0 Å². The third-order valence-electron chi connectivity index (χ3n) is 2.41. The van der Waals surface area contributed by atoms with Gasteiger partial charge < -0.3 is 10.4 Å². The lowest BCUT2D eigenvalue weighted by Crippen LogP contribution is -2.12. The Hall–Kier alpha value is -0.860. The van der Waals surface area contributed by atoms with Gasteiger partial charge in [0, 0.05) is 0 Å². The fourth-order valence-electron chi connectivity index (χ4n) is 1.58. The number of hydrogen-bond acceptors (Lipinski definition) is 1. The molecule has 0 aromatic heterocycles. The van der Waals surface area contributed by atoms with Crippen LogP contribution in [0, 0.1) is 0 Å². The van der Waals surface area contributed by atoms with Gasteiger partial charge in [0.05, 0.1) is 0 Å². The van der Waals surface area contributed by atoms with E-state index in [2.05, 4.69) is 49.3 Å². The van der Waals surface area contributed by atoms with Crippen molar-refractivity contribution in [1.82, 2.24) is 4.90 Å². The molecule has 0 aliphatic carbocycles. The van der Waals surface area contributed by atoms with Crippen LogP contribution in [0.1, 0.15) is 24.8 Å². The Kier molecular flexibility index (Phi) is 7.96. The number of unbranched alkanes of at least 4 members (excludes halogenated alkanes) is 2. The average Bonchev–Trinajstić information content (AvgIpc) is 2.18. The Labute approximate surface area is 93.2 Å². The molecule has 2 nitrogen and oxygen atoms in total. The van der Waals surface area contributed by atoms with Gasteiger partial charge in [0.15, 0.2) is 0 Å².